The Morgan fingerprint density at radius 3 is 2.69 bits per heavy atom. The number of anilines is 1. The maximum atomic E-state index is 12.8. The third-order valence-corrected chi connectivity index (χ3v) is 6.89. The number of hydrogen-bond acceptors (Lipinski definition) is 4. The highest BCUT2D eigenvalue weighted by atomic mass is 16.2. The van der Waals surface area contributed by atoms with Crippen LogP contribution in [0.3, 0.4) is 0 Å². The molecule has 3 fully saturated rings. The van der Waals surface area contributed by atoms with Gasteiger partial charge < -0.3 is 15.1 Å². The maximum absolute atomic E-state index is 12.8. The van der Waals surface area contributed by atoms with Crippen LogP contribution in [0.4, 0.5) is 5.69 Å². The first-order valence-corrected chi connectivity index (χ1v) is 11.2. The van der Waals surface area contributed by atoms with E-state index in [-0.39, 0.29) is 17.4 Å². The minimum atomic E-state index is 0.0992. The molecule has 158 valence electrons. The molecular weight excluding hydrogens is 364 g/mol. The summed E-state index contributed by atoms with van der Waals surface area (Å²) in [6.45, 7) is 4.86. The van der Waals surface area contributed by atoms with Gasteiger partial charge >= 0.3 is 0 Å². The van der Waals surface area contributed by atoms with E-state index in [0.717, 1.165) is 43.9 Å². The van der Waals surface area contributed by atoms with Crippen molar-refractivity contribution in [1.82, 2.24) is 15.1 Å². The van der Waals surface area contributed by atoms with Crippen LogP contribution >= 0.6 is 0 Å². The zero-order chi connectivity index (χ0) is 20.3. The van der Waals surface area contributed by atoms with Crippen molar-refractivity contribution < 1.29 is 9.59 Å². The molecule has 1 N–H and O–H groups in total. The molecule has 2 amide bonds. The number of carbonyl (C=O) groups excluding carboxylic acids is 2. The Bertz CT molecular complexity index is 744. The van der Waals surface area contributed by atoms with Gasteiger partial charge in [0.2, 0.25) is 11.8 Å². The summed E-state index contributed by atoms with van der Waals surface area (Å²) in [6.07, 6.45) is 7.83. The van der Waals surface area contributed by atoms with Gasteiger partial charge in [0.25, 0.3) is 0 Å². The number of rotatable bonds is 5. The number of nitrogens with zero attached hydrogens (tertiary/aromatic N) is 3. The number of piperazine rings is 1. The summed E-state index contributed by atoms with van der Waals surface area (Å²) in [5.74, 6) is 0.293. The molecule has 0 atom stereocenters. The Morgan fingerprint density at radius 2 is 1.93 bits per heavy atom. The Hall–Kier alpha value is -1.92. The Labute approximate surface area is 174 Å². The quantitative estimate of drug-likeness (QED) is 0.827. The van der Waals surface area contributed by atoms with Gasteiger partial charge in [-0.05, 0) is 44.0 Å². The fourth-order valence-corrected chi connectivity index (χ4v) is 5.33. The lowest BCUT2D eigenvalue weighted by atomic mass is 9.78. The Kier molecular flexibility index (Phi) is 6.20. The molecule has 0 aromatic heterocycles. The average molecular weight is 399 g/mol. The van der Waals surface area contributed by atoms with E-state index in [1.807, 2.05) is 29.2 Å². The summed E-state index contributed by atoms with van der Waals surface area (Å²) in [5.41, 5.74) is 2.17. The molecular formula is C23H34N4O2. The van der Waals surface area contributed by atoms with Gasteiger partial charge in [-0.25, -0.2) is 0 Å². The van der Waals surface area contributed by atoms with Gasteiger partial charge in [0, 0.05) is 50.4 Å². The van der Waals surface area contributed by atoms with Gasteiger partial charge in [-0.15, -0.1) is 0 Å². The predicted molar refractivity (Wildman–Crippen MR) is 115 cm³/mol. The topological polar surface area (TPSA) is 55.9 Å². The fraction of sp³-hybridized carbons (Fsp3) is 0.652. The van der Waals surface area contributed by atoms with Gasteiger partial charge in [-0.2, -0.15) is 0 Å². The van der Waals surface area contributed by atoms with Crippen LogP contribution < -0.4 is 10.2 Å². The first kappa shape index (κ1) is 20.4. The standard InChI is InChI=1S/C23H34N4O2/c1-25-13-14-26(23(18-25)10-3-2-4-11-23)17-21(28)24-16-19-7-5-8-20(15-19)27-12-6-9-22(27)29/h5,7-8,15H,2-4,6,9-14,16-18H2,1H3,(H,24,28). The number of carbonyl (C=O) groups is 2. The van der Waals surface area contributed by atoms with Crippen LogP contribution in [0.15, 0.2) is 24.3 Å². The zero-order valence-electron chi connectivity index (χ0n) is 17.7. The molecule has 6 nitrogen and oxygen atoms in total. The molecule has 2 aliphatic heterocycles. The van der Waals surface area contributed by atoms with Gasteiger partial charge in [-0.1, -0.05) is 31.4 Å². The molecule has 29 heavy (non-hydrogen) atoms. The Balaban J connectivity index is 1.34. The average Bonchev–Trinajstić information content (AvgIpc) is 3.15. The summed E-state index contributed by atoms with van der Waals surface area (Å²) in [4.78, 5) is 31.5. The molecule has 2 heterocycles. The van der Waals surface area contributed by atoms with E-state index in [0.29, 0.717) is 19.5 Å². The van der Waals surface area contributed by atoms with Crippen molar-refractivity contribution in [1.29, 1.82) is 0 Å². The summed E-state index contributed by atoms with van der Waals surface area (Å²) < 4.78 is 0. The van der Waals surface area contributed by atoms with E-state index in [4.69, 9.17) is 0 Å². The highest BCUT2D eigenvalue weighted by molar-refractivity contribution is 5.95. The monoisotopic (exact) mass is 398 g/mol. The summed E-state index contributed by atoms with van der Waals surface area (Å²) in [7, 11) is 2.20. The minimum absolute atomic E-state index is 0.0992. The van der Waals surface area contributed by atoms with E-state index in [2.05, 4.69) is 22.2 Å². The van der Waals surface area contributed by atoms with Gasteiger partial charge in [0.05, 0.1) is 6.54 Å². The lowest BCUT2D eigenvalue weighted by molar-refractivity contribution is -0.126. The predicted octanol–water partition coefficient (Wildman–Crippen LogP) is 2.38. The second-order valence-corrected chi connectivity index (χ2v) is 9.04. The SMILES string of the molecule is CN1CCN(CC(=O)NCc2cccc(N3CCCC3=O)c2)C2(CCCCC2)C1. The number of amides is 2. The lowest BCUT2D eigenvalue weighted by Gasteiger charge is -2.52. The van der Waals surface area contributed by atoms with Crippen LogP contribution in [0, 0.1) is 0 Å². The van der Waals surface area contributed by atoms with Gasteiger partial charge in [-0.3, -0.25) is 14.5 Å². The van der Waals surface area contributed by atoms with Crippen molar-refractivity contribution in [3.05, 3.63) is 29.8 Å². The highest BCUT2D eigenvalue weighted by Crippen LogP contribution is 2.36. The van der Waals surface area contributed by atoms with Crippen molar-refractivity contribution in [2.75, 3.05) is 44.7 Å². The van der Waals surface area contributed by atoms with Crippen molar-refractivity contribution in [2.24, 2.45) is 0 Å². The number of likely N-dealkylation sites (N-methyl/N-ethyl adjacent to an activating group) is 1. The number of hydrogen-bond donors (Lipinski definition) is 1. The first-order valence-electron chi connectivity index (χ1n) is 11.2. The maximum Gasteiger partial charge on any atom is 0.234 e. The van der Waals surface area contributed by atoms with Crippen LogP contribution in [-0.2, 0) is 16.1 Å². The van der Waals surface area contributed by atoms with Crippen LogP contribution in [0.5, 0.6) is 0 Å². The van der Waals surface area contributed by atoms with Crippen LogP contribution in [0.25, 0.3) is 0 Å². The molecule has 0 unspecified atom stereocenters. The van der Waals surface area contributed by atoms with Crippen LogP contribution in [0.2, 0.25) is 0 Å². The van der Waals surface area contributed by atoms with E-state index in [1.54, 1.807) is 0 Å². The van der Waals surface area contributed by atoms with Crippen molar-refractivity contribution >= 4 is 17.5 Å². The fourth-order valence-electron chi connectivity index (χ4n) is 5.33. The second kappa shape index (κ2) is 8.84. The van der Waals surface area contributed by atoms with Crippen molar-refractivity contribution in [2.45, 2.75) is 57.0 Å². The lowest BCUT2D eigenvalue weighted by Crippen LogP contribution is -2.63. The number of benzene rings is 1. The third kappa shape index (κ3) is 4.64. The normalized spacial score (nSPS) is 22.9. The Morgan fingerprint density at radius 1 is 1.10 bits per heavy atom. The van der Waals surface area contributed by atoms with Crippen molar-refractivity contribution in [3.8, 4) is 0 Å². The first-order chi connectivity index (χ1) is 14.1. The van der Waals surface area contributed by atoms with Crippen LogP contribution in [-0.4, -0.2) is 66.9 Å². The second-order valence-electron chi connectivity index (χ2n) is 9.04. The van der Waals surface area contributed by atoms with E-state index in [1.165, 1.54) is 32.1 Å². The third-order valence-electron chi connectivity index (χ3n) is 6.89. The smallest absolute Gasteiger partial charge is 0.234 e. The van der Waals surface area contributed by atoms with Gasteiger partial charge in [0.15, 0.2) is 0 Å². The van der Waals surface area contributed by atoms with Crippen molar-refractivity contribution in [3.63, 3.8) is 0 Å². The molecule has 1 aromatic rings. The van der Waals surface area contributed by atoms with E-state index < -0.39 is 0 Å². The van der Waals surface area contributed by atoms with E-state index >= 15 is 0 Å². The molecule has 3 aliphatic rings. The van der Waals surface area contributed by atoms with E-state index in [9.17, 15) is 9.59 Å². The molecule has 2 saturated heterocycles. The highest BCUT2D eigenvalue weighted by Gasteiger charge is 2.41. The summed E-state index contributed by atoms with van der Waals surface area (Å²) in [6, 6.07) is 8.00. The molecule has 1 spiro atoms. The molecule has 1 aliphatic carbocycles. The minimum Gasteiger partial charge on any atom is -0.351 e. The molecule has 0 radical (unpaired) electrons. The molecule has 6 heteroatoms. The molecule has 0 bridgehead atoms. The zero-order valence-corrected chi connectivity index (χ0v) is 17.7. The summed E-state index contributed by atoms with van der Waals surface area (Å²) in [5, 5.41) is 3.11. The molecule has 4 rings (SSSR count). The van der Waals surface area contributed by atoms with Crippen LogP contribution in [0.1, 0.15) is 50.5 Å². The summed E-state index contributed by atoms with van der Waals surface area (Å²) >= 11 is 0. The molecule has 1 aromatic carbocycles. The van der Waals surface area contributed by atoms with Gasteiger partial charge in [0.1, 0.15) is 0 Å². The number of nitrogens with one attached hydrogen (secondary N) is 1. The largest absolute Gasteiger partial charge is 0.351 e. The molecule has 1 saturated carbocycles.